The summed E-state index contributed by atoms with van der Waals surface area (Å²) in [5.41, 5.74) is 2.36. The van der Waals surface area contributed by atoms with Crippen molar-refractivity contribution < 1.29 is 9.18 Å². The second-order valence-corrected chi connectivity index (χ2v) is 7.25. The number of hydrogen-bond donors (Lipinski definition) is 0. The van der Waals surface area contributed by atoms with Crippen LogP contribution in [-0.4, -0.2) is 47.6 Å². The fourth-order valence-electron chi connectivity index (χ4n) is 2.93. The minimum Gasteiger partial charge on any atom is -0.339 e. The molecule has 1 aliphatic rings. The predicted molar refractivity (Wildman–Crippen MR) is 101 cm³/mol. The molecule has 1 heterocycles. The SMILES string of the molecule is O=C(CSCc1ccc(F)cc1)N1CCN(Cc2ccccc2)CC1. The van der Waals surface area contributed by atoms with Gasteiger partial charge in [0.05, 0.1) is 5.75 Å². The van der Waals surface area contributed by atoms with E-state index in [9.17, 15) is 9.18 Å². The Morgan fingerprint density at radius 2 is 1.60 bits per heavy atom. The molecule has 3 nitrogen and oxygen atoms in total. The number of benzene rings is 2. The van der Waals surface area contributed by atoms with E-state index in [0.717, 1.165) is 44.0 Å². The molecule has 1 aliphatic heterocycles. The van der Waals surface area contributed by atoms with Crippen molar-refractivity contribution in [2.24, 2.45) is 0 Å². The summed E-state index contributed by atoms with van der Waals surface area (Å²) in [4.78, 5) is 16.7. The van der Waals surface area contributed by atoms with Crippen molar-refractivity contribution in [1.82, 2.24) is 9.80 Å². The van der Waals surface area contributed by atoms with Crippen molar-refractivity contribution in [3.8, 4) is 0 Å². The number of thioether (sulfide) groups is 1. The molecule has 0 aliphatic carbocycles. The maximum absolute atomic E-state index is 12.9. The van der Waals surface area contributed by atoms with Crippen LogP contribution in [0.3, 0.4) is 0 Å². The molecule has 1 fully saturated rings. The molecule has 25 heavy (non-hydrogen) atoms. The van der Waals surface area contributed by atoms with Gasteiger partial charge in [0, 0.05) is 38.5 Å². The first kappa shape index (κ1) is 18.0. The van der Waals surface area contributed by atoms with Gasteiger partial charge in [-0.25, -0.2) is 4.39 Å². The lowest BCUT2D eigenvalue weighted by Crippen LogP contribution is -2.48. The highest BCUT2D eigenvalue weighted by Crippen LogP contribution is 2.15. The fourth-order valence-corrected chi connectivity index (χ4v) is 3.81. The Morgan fingerprint density at radius 3 is 2.28 bits per heavy atom. The molecule has 0 bridgehead atoms. The molecule has 0 aromatic heterocycles. The molecule has 5 heteroatoms. The summed E-state index contributed by atoms with van der Waals surface area (Å²) in [7, 11) is 0. The van der Waals surface area contributed by atoms with Gasteiger partial charge in [-0.05, 0) is 23.3 Å². The molecule has 0 unspecified atom stereocenters. The summed E-state index contributed by atoms with van der Waals surface area (Å²) >= 11 is 1.59. The minimum absolute atomic E-state index is 0.200. The number of rotatable bonds is 6. The second kappa shape index (κ2) is 9.02. The standard InChI is InChI=1S/C20H23FN2OS/c21-19-8-6-18(7-9-19)15-25-16-20(24)23-12-10-22(11-13-23)14-17-4-2-1-3-5-17/h1-9H,10-16H2. The molecule has 2 aromatic carbocycles. The summed E-state index contributed by atoms with van der Waals surface area (Å²) in [6.07, 6.45) is 0. The van der Waals surface area contributed by atoms with Crippen LogP contribution < -0.4 is 0 Å². The minimum atomic E-state index is -0.224. The fraction of sp³-hybridized carbons (Fsp3) is 0.350. The van der Waals surface area contributed by atoms with Gasteiger partial charge in [0.25, 0.3) is 0 Å². The summed E-state index contributed by atoms with van der Waals surface area (Å²) in [5, 5.41) is 0. The molecule has 0 radical (unpaired) electrons. The number of amides is 1. The van der Waals surface area contributed by atoms with Gasteiger partial charge in [-0.15, -0.1) is 11.8 Å². The van der Waals surface area contributed by atoms with Crippen LogP contribution >= 0.6 is 11.8 Å². The number of carbonyl (C=O) groups excluding carboxylic acids is 1. The van der Waals surface area contributed by atoms with Gasteiger partial charge >= 0.3 is 0 Å². The molecule has 1 saturated heterocycles. The first-order valence-electron chi connectivity index (χ1n) is 8.57. The monoisotopic (exact) mass is 358 g/mol. The number of nitrogens with zero attached hydrogens (tertiary/aromatic N) is 2. The van der Waals surface area contributed by atoms with Crippen molar-refractivity contribution in [3.63, 3.8) is 0 Å². The van der Waals surface area contributed by atoms with Crippen molar-refractivity contribution >= 4 is 17.7 Å². The molecule has 3 rings (SSSR count). The van der Waals surface area contributed by atoms with Crippen molar-refractivity contribution in [3.05, 3.63) is 71.5 Å². The van der Waals surface area contributed by atoms with Crippen LogP contribution in [0, 0.1) is 5.82 Å². The normalized spacial score (nSPS) is 15.3. The van der Waals surface area contributed by atoms with Gasteiger partial charge in [0.1, 0.15) is 5.82 Å². The van der Waals surface area contributed by atoms with E-state index in [1.54, 1.807) is 23.9 Å². The van der Waals surface area contributed by atoms with Crippen LogP contribution in [0.25, 0.3) is 0 Å². The van der Waals surface area contributed by atoms with Crippen molar-refractivity contribution in [2.75, 3.05) is 31.9 Å². The highest BCUT2D eigenvalue weighted by molar-refractivity contribution is 7.99. The molecule has 0 atom stereocenters. The van der Waals surface area contributed by atoms with Crippen LogP contribution in [0.2, 0.25) is 0 Å². The third-order valence-electron chi connectivity index (χ3n) is 4.38. The van der Waals surface area contributed by atoms with Gasteiger partial charge in [0.15, 0.2) is 0 Å². The topological polar surface area (TPSA) is 23.6 Å². The molecule has 0 saturated carbocycles. The zero-order valence-corrected chi connectivity index (χ0v) is 15.1. The lowest BCUT2D eigenvalue weighted by molar-refractivity contribution is -0.130. The summed E-state index contributed by atoms with van der Waals surface area (Å²) in [6.45, 7) is 4.38. The van der Waals surface area contributed by atoms with E-state index in [2.05, 4.69) is 29.2 Å². The highest BCUT2D eigenvalue weighted by Gasteiger charge is 2.20. The number of halogens is 1. The van der Waals surface area contributed by atoms with Gasteiger partial charge < -0.3 is 4.90 Å². The van der Waals surface area contributed by atoms with Crippen LogP contribution in [0.1, 0.15) is 11.1 Å². The summed E-state index contributed by atoms with van der Waals surface area (Å²) < 4.78 is 12.9. The molecular formula is C20H23FN2OS. The van der Waals surface area contributed by atoms with Gasteiger partial charge in [-0.2, -0.15) is 0 Å². The molecule has 0 N–H and O–H groups in total. The van der Waals surface area contributed by atoms with Crippen molar-refractivity contribution in [1.29, 1.82) is 0 Å². The zero-order valence-electron chi connectivity index (χ0n) is 14.2. The Bertz CT molecular complexity index is 670. The molecule has 2 aromatic rings. The average molecular weight is 358 g/mol. The van der Waals surface area contributed by atoms with Crippen LogP contribution in [-0.2, 0) is 17.1 Å². The van der Waals surface area contributed by atoms with Crippen LogP contribution in [0.4, 0.5) is 4.39 Å². The van der Waals surface area contributed by atoms with Gasteiger partial charge in [-0.1, -0.05) is 42.5 Å². The Kier molecular flexibility index (Phi) is 6.48. The van der Waals surface area contributed by atoms with E-state index in [4.69, 9.17) is 0 Å². The Hall–Kier alpha value is -1.85. The summed E-state index contributed by atoms with van der Waals surface area (Å²) in [6, 6.07) is 16.9. The highest BCUT2D eigenvalue weighted by atomic mass is 32.2. The Balaban J connectivity index is 1.37. The first-order valence-corrected chi connectivity index (χ1v) is 9.72. The van der Waals surface area contributed by atoms with Crippen molar-refractivity contribution in [2.45, 2.75) is 12.3 Å². The number of piperazine rings is 1. The van der Waals surface area contributed by atoms with Gasteiger partial charge in [0.2, 0.25) is 5.91 Å². The zero-order chi connectivity index (χ0) is 17.5. The number of carbonyl (C=O) groups is 1. The van der Waals surface area contributed by atoms with Crippen LogP contribution in [0.5, 0.6) is 0 Å². The van der Waals surface area contributed by atoms with E-state index < -0.39 is 0 Å². The Labute approximate surface area is 152 Å². The van der Waals surface area contributed by atoms with Crippen LogP contribution in [0.15, 0.2) is 54.6 Å². The van der Waals surface area contributed by atoms with E-state index in [0.29, 0.717) is 5.75 Å². The lowest BCUT2D eigenvalue weighted by atomic mass is 10.2. The number of hydrogen-bond acceptors (Lipinski definition) is 3. The maximum atomic E-state index is 12.9. The van der Waals surface area contributed by atoms with E-state index in [-0.39, 0.29) is 11.7 Å². The average Bonchev–Trinajstić information content (AvgIpc) is 2.65. The lowest BCUT2D eigenvalue weighted by Gasteiger charge is -2.34. The summed E-state index contributed by atoms with van der Waals surface area (Å²) in [5.74, 6) is 1.19. The van der Waals surface area contributed by atoms with E-state index >= 15 is 0 Å². The quantitative estimate of drug-likeness (QED) is 0.791. The molecule has 1 amide bonds. The molecular weight excluding hydrogens is 335 g/mol. The van der Waals surface area contributed by atoms with E-state index in [1.165, 1.54) is 17.7 Å². The largest absolute Gasteiger partial charge is 0.339 e. The third-order valence-corrected chi connectivity index (χ3v) is 5.37. The molecule has 0 spiro atoms. The third kappa shape index (κ3) is 5.58. The smallest absolute Gasteiger partial charge is 0.232 e. The predicted octanol–water partition coefficient (Wildman–Crippen LogP) is 3.40. The van der Waals surface area contributed by atoms with Gasteiger partial charge in [-0.3, -0.25) is 9.69 Å². The first-order chi connectivity index (χ1) is 12.2. The Morgan fingerprint density at radius 1 is 0.920 bits per heavy atom. The maximum Gasteiger partial charge on any atom is 0.232 e. The second-order valence-electron chi connectivity index (χ2n) is 6.26. The van der Waals surface area contributed by atoms with E-state index in [1.807, 2.05) is 11.0 Å². The molecule has 132 valence electrons.